The summed E-state index contributed by atoms with van der Waals surface area (Å²) in [6.45, 7) is 0. The maximum atomic E-state index is 4.86. The molecule has 5 heteroatoms. The Morgan fingerprint density at radius 3 is 2.54 bits per heavy atom. The number of benzene rings is 2. The van der Waals surface area contributed by atoms with Gasteiger partial charge in [0.15, 0.2) is 0 Å². The summed E-state index contributed by atoms with van der Waals surface area (Å²) in [5, 5.41) is 4.13. The molecule has 0 saturated carbocycles. The molecule has 0 saturated heterocycles. The number of para-hydroxylation sites is 1. The highest BCUT2D eigenvalue weighted by Crippen LogP contribution is 2.39. The third-order valence-corrected chi connectivity index (χ3v) is 5.18. The van der Waals surface area contributed by atoms with Crippen LogP contribution in [0.25, 0.3) is 44.1 Å². The Morgan fingerprint density at radius 2 is 1.69 bits per heavy atom. The quantitative estimate of drug-likeness (QED) is 0.471. The van der Waals surface area contributed by atoms with Gasteiger partial charge in [0.05, 0.1) is 17.6 Å². The van der Waals surface area contributed by atoms with Crippen molar-refractivity contribution in [3.63, 3.8) is 0 Å². The molecule has 0 aliphatic heterocycles. The van der Waals surface area contributed by atoms with Crippen molar-refractivity contribution in [2.24, 2.45) is 0 Å². The zero-order valence-electron chi connectivity index (χ0n) is 13.8. The van der Waals surface area contributed by atoms with Crippen LogP contribution in [-0.4, -0.2) is 19.9 Å². The van der Waals surface area contributed by atoms with Gasteiger partial charge in [-0.2, -0.15) is 0 Å². The minimum Gasteiger partial charge on any atom is -0.354 e. The van der Waals surface area contributed by atoms with Crippen molar-refractivity contribution in [2.45, 2.75) is 0 Å². The number of fused-ring (bicyclic) bond motifs is 1. The Labute approximate surface area is 154 Å². The highest BCUT2D eigenvalue weighted by molar-refractivity contribution is 7.13. The van der Waals surface area contributed by atoms with E-state index in [-0.39, 0.29) is 0 Å². The molecule has 0 fully saturated rings. The number of H-pyrrole nitrogens is 1. The van der Waals surface area contributed by atoms with Crippen LogP contribution in [0.4, 0.5) is 0 Å². The Kier molecular flexibility index (Phi) is 3.57. The zero-order valence-corrected chi connectivity index (χ0v) is 14.6. The average molecular weight is 354 g/mol. The number of rotatable bonds is 3. The monoisotopic (exact) mass is 354 g/mol. The van der Waals surface area contributed by atoms with Crippen molar-refractivity contribution in [1.82, 2.24) is 19.9 Å². The predicted molar refractivity (Wildman–Crippen MR) is 106 cm³/mol. The molecule has 1 N–H and O–H groups in total. The van der Waals surface area contributed by atoms with E-state index in [9.17, 15) is 0 Å². The summed E-state index contributed by atoms with van der Waals surface area (Å²) in [5.41, 5.74) is 6.21. The highest BCUT2D eigenvalue weighted by atomic mass is 32.1. The van der Waals surface area contributed by atoms with Crippen molar-refractivity contribution < 1.29 is 0 Å². The van der Waals surface area contributed by atoms with E-state index in [0.717, 1.165) is 38.7 Å². The molecule has 0 atom stereocenters. The second-order valence-corrected chi connectivity index (χ2v) is 6.77. The summed E-state index contributed by atoms with van der Waals surface area (Å²) in [4.78, 5) is 16.9. The van der Waals surface area contributed by atoms with E-state index in [4.69, 9.17) is 4.98 Å². The van der Waals surface area contributed by atoms with Gasteiger partial charge in [0, 0.05) is 34.2 Å². The number of nitrogens with zero attached hydrogens (tertiary/aromatic N) is 3. The number of aromatic nitrogens is 4. The first kappa shape index (κ1) is 15.0. The summed E-state index contributed by atoms with van der Waals surface area (Å²) in [6.07, 6.45) is 5.11. The summed E-state index contributed by atoms with van der Waals surface area (Å²) in [7, 11) is 0. The van der Waals surface area contributed by atoms with E-state index >= 15 is 0 Å². The normalized spacial score (nSPS) is 11.1. The molecule has 0 spiro atoms. The van der Waals surface area contributed by atoms with Crippen LogP contribution in [0.1, 0.15) is 0 Å². The van der Waals surface area contributed by atoms with Crippen molar-refractivity contribution >= 4 is 22.2 Å². The van der Waals surface area contributed by atoms with Crippen molar-refractivity contribution in [1.29, 1.82) is 0 Å². The standard InChI is InChI=1S/C21H14N4S/c1-2-6-14(7-3-1)20-19(15-8-4-5-9-16(15)24-20)18-13-26-21(25-18)17-12-22-10-11-23-17/h1-13,24H. The van der Waals surface area contributed by atoms with Gasteiger partial charge in [-0.25, -0.2) is 4.98 Å². The van der Waals surface area contributed by atoms with Gasteiger partial charge >= 0.3 is 0 Å². The molecule has 3 aromatic heterocycles. The van der Waals surface area contributed by atoms with E-state index in [1.165, 1.54) is 5.39 Å². The lowest BCUT2D eigenvalue weighted by Crippen LogP contribution is -1.85. The first-order chi connectivity index (χ1) is 12.9. The third kappa shape index (κ3) is 2.50. The summed E-state index contributed by atoms with van der Waals surface area (Å²) < 4.78 is 0. The third-order valence-electron chi connectivity index (χ3n) is 4.31. The maximum Gasteiger partial charge on any atom is 0.144 e. The molecule has 0 bridgehead atoms. The van der Waals surface area contributed by atoms with E-state index in [1.807, 2.05) is 12.1 Å². The molecular formula is C21H14N4S. The molecule has 0 unspecified atom stereocenters. The van der Waals surface area contributed by atoms with Gasteiger partial charge in [-0.05, 0) is 11.6 Å². The van der Waals surface area contributed by atoms with Gasteiger partial charge < -0.3 is 4.98 Å². The van der Waals surface area contributed by atoms with Crippen LogP contribution < -0.4 is 0 Å². The number of hydrogen-bond acceptors (Lipinski definition) is 4. The minimum absolute atomic E-state index is 0.796. The van der Waals surface area contributed by atoms with Crippen LogP contribution in [0.15, 0.2) is 78.6 Å². The molecular weight excluding hydrogens is 340 g/mol. The van der Waals surface area contributed by atoms with Crippen molar-refractivity contribution in [2.75, 3.05) is 0 Å². The summed E-state index contributed by atoms with van der Waals surface area (Å²) in [5.74, 6) is 0. The second kappa shape index (κ2) is 6.20. The van der Waals surface area contributed by atoms with E-state index in [0.29, 0.717) is 0 Å². The van der Waals surface area contributed by atoms with Gasteiger partial charge in [-0.1, -0.05) is 48.5 Å². The Hall–Kier alpha value is -3.31. The summed E-state index contributed by atoms with van der Waals surface area (Å²) in [6, 6.07) is 18.7. The predicted octanol–water partition coefficient (Wildman–Crippen LogP) is 5.42. The fourth-order valence-electron chi connectivity index (χ4n) is 3.15. The van der Waals surface area contributed by atoms with E-state index in [2.05, 4.69) is 62.8 Å². The minimum atomic E-state index is 0.796. The van der Waals surface area contributed by atoms with Crippen LogP contribution in [-0.2, 0) is 0 Å². The topological polar surface area (TPSA) is 54.5 Å². The van der Waals surface area contributed by atoms with Gasteiger partial charge in [-0.3, -0.25) is 9.97 Å². The molecule has 26 heavy (non-hydrogen) atoms. The maximum absolute atomic E-state index is 4.86. The second-order valence-electron chi connectivity index (χ2n) is 5.92. The summed E-state index contributed by atoms with van der Waals surface area (Å²) >= 11 is 1.59. The van der Waals surface area contributed by atoms with Gasteiger partial charge in [0.25, 0.3) is 0 Å². The lowest BCUT2D eigenvalue weighted by molar-refractivity contribution is 1.19. The molecule has 5 rings (SSSR count). The van der Waals surface area contributed by atoms with Crippen LogP contribution in [0.3, 0.4) is 0 Å². The molecule has 0 radical (unpaired) electrons. The van der Waals surface area contributed by atoms with Crippen LogP contribution >= 0.6 is 11.3 Å². The van der Waals surface area contributed by atoms with Gasteiger partial charge in [0.2, 0.25) is 0 Å². The SMILES string of the molecule is c1ccc(-c2[nH]c3ccccc3c2-c2csc(-c3cnccn3)n2)cc1. The number of hydrogen-bond donors (Lipinski definition) is 1. The molecule has 124 valence electrons. The molecule has 4 nitrogen and oxygen atoms in total. The molecule has 0 amide bonds. The molecule has 2 aromatic carbocycles. The smallest absolute Gasteiger partial charge is 0.144 e. The number of aromatic amines is 1. The first-order valence-electron chi connectivity index (χ1n) is 8.28. The van der Waals surface area contributed by atoms with E-state index in [1.54, 1.807) is 29.9 Å². The largest absolute Gasteiger partial charge is 0.354 e. The van der Waals surface area contributed by atoms with Gasteiger partial charge in [-0.15, -0.1) is 11.3 Å². The fourth-order valence-corrected chi connectivity index (χ4v) is 3.92. The van der Waals surface area contributed by atoms with Crippen LogP contribution in [0.5, 0.6) is 0 Å². The van der Waals surface area contributed by atoms with Crippen LogP contribution in [0.2, 0.25) is 0 Å². The molecule has 0 aliphatic rings. The average Bonchev–Trinajstić information content (AvgIpc) is 3.34. The molecule has 5 aromatic rings. The van der Waals surface area contributed by atoms with E-state index < -0.39 is 0 Å². The number of nitrogens with one attached hydrogen (secondary N) is 1. The highest BCUT2D eigenvalue weighted by Gasteiger charge is 2.18. The Bertz CT molecular complexity index is 1180. The van der Waals surface area contributed by atoms with Gasteiger partial charge in [0.1, 0.15) is 10.7 Å². The van der Waals surface area contributed by atoms with Crippen molar-refractivity contribution in [3.05, 3.63) is 78.6 Å². The first-order valence-corrected chi connectivity index (χ1v) is 9.16. The van der Waals surface area contributed by atoms with Crippen molar-refractivity contribution in [3.8, 4) is 33.2 Å². The molecule has 0 aliphatic carbocycles. The Morgan fingerprint density at radius 1 is 0.846 bits per heavy atom. The fraction of sp³-hybridized carbons (Fsp3) is 0. The lowest BCUT2D eigenvalue weighted by atomic mass is 10.0. The Balaban J connectivity index is 1.73. The molecule has 3 heterocycles. The zero-order chi connectivity index (χ0) is 17.3. The lowest BCUT2D eigenvalue weighted by Gasteiger charge is -2.02. The van der Waals surface area contributed by atoms with Crippen LogP contribution in [0, 0.1) is 0 Å². The number of thiazole rings is 1.